The summed E-state index contributed by atoms with van der Waals surface area (Å²) in [6.45, 7) is 3.30. The van der Waals surface area contributed by atoms with Gasteiger partial charge in [0.2, 0.25) is 0 Å². The number of ether oxygens (including phenoxy) is 6. The summed E-state index contributed by atoms with van der Waals surface area (Å²) in [6.07, 6.45) is 14.8. The normalized spacial score (nSPS) is 28.6. The van der Waals surface area contributed by atoms with Gasteiger partial charge in [0.25, 0.3) is 0 Å². The molecule has 0 aromatic rings. The van der Waals surface area contributed by atoms with E-state index in [-0.39, 0.29) is 19.6 Å². The summed E-state index contributed by atoms with van der Waals surface area (Å²) in [7, 11) is 0. The van der Waals surface area contributed by atoms with Crippen molar-refractivity contribution in [1.82, 2.24) is 0 Å². The molecule has 14 heteroatoms. The van der Waals surface area contributed by atoms with Gasteiger partial charge in [0.1, 0.15) is 54.9 Å². The van der Waals surface area contributed by atoms with E-state index in [0.29, 0.717) is 13.0 Å². The van der Waals surface area contributed by atoms with Crippen LogP contribution in [0.1, 0.15) is 155 Å². The molecule has 7 N–H and O–H groups in total. The number of allylic oxidation sites excluding steroid dienone is 2. The number of aliphatic hydroxyl groups excluding tert-OH is 7. The molecule has 11 unspecified atom stereocenters. The molecule has 2 aliphatic rings. The van der Waals surface area contributed by atoms with Crippen LogP contribution in [0.15, 0.2) is 12.2 Å². The highest BCUT2D eigenvalue weighted by molar-refractivity contribution is 5.69. The van der Waals surface area contributed by atoms with Crippen LogP contribution in [0.2, 0.25) is 0 Å². The topological polar surface area (TPSA) is 214 Å². The zero-order valence-electron chi connectivity index (χ0n) is 35.1. The van der Waals surface area contributed by atoms with Crippen molar-refractivity contribution >= 4 is 5.97 Å². The molecule has 336 valence electrons. The number of aliphatic hydroxyl groups is 7. The Hall–Kier alpha value is -1.27. The highest BCUT2D eigenvalue weighted by Crippen LogP contribution is 2.26. The van der Waals surface area contributed by atoms with Crippen LogP contribution < -0.4 is 0 Å². The SMILES string of the molecule is CCCCCCCCCC/C=C\CCCCCCCCCCCCOCC(COC1OC(COC2OC(CO)C(O)C(O)C2O)C(O)C(O)C1O)OC(=O)CCC. The van der Waals surface area contributed by atoms with Gasteiger partial charge >= 0.3 is 5.97 Å². The van der Waals surface area contributed by atoms with Crippen LogP contribution in [0.25, 0.3) is 0 Å². The van der Waals surface area contributed by atoms with Gasteiger partial charge in [-0.15, -0.1) is 0 Å². The minimum Gasteiger partial charge on any atom is -0.457 e. The van der Waals surface area contributed by atoms with E-state index in [4.69, 9.17) is 28.4 Å². The Morgan fingerprint density at radius 1 is 0.561 bits per heavy atom. The van der Waals surface area contributed by atoms with Crippen molar-refractivity contribution in [3.05, 3.63) is 12.2 Å². The van der Waals surface area contributed by atoms with E-state index < -0.39 is 86.7 Å². The van der Waals surface area contributed by atoms with E-state index >= 15 is 0 Å². The van der Waals surface area contributed by atoms with Crippen molar-refractivity contribution in [3.63, 3.8) is 0 Å². The molecule has 0 aromatic heterocycles. The van der Waals surface area contributed by atoms with E-state index in [1.807, 2.05) is 6.92 Å². The Morgan fingerprint density at radius 3 is 1.56 bits per heavy atom. The minimum absolute atomic E-state index is 0.0577. The lowest BCUT2D eigenvalue weighted by Crippen LogP contribution is -2.61. The first-order valence-corrected chi connectivity index (χ1v) is 22.3. The van der Waals surface area contributed by atoms with E-state index in [0.717, 1.165) is 19.3 Å². The van der Waals surface area contributed by atoms with Gasteiger partial charge < -0.3 is 64.2 Å². The first-order chi connectivity index (χ1) is 27.6. The van der Waals surface area contributed by atoms with Gasteiger partial charge in [-0.3, -0.25) is 4.79 Å². The van der Waals surface area contributed by atoms with Gasteiger partial charge in [0, 0.05) is 13.0 Å². The maximum atomic E-state index is 12.3. The Bertz CT molecular complexity index is 1000. The number of hydrogen-bond acceptors (Lipinski definition) is 14. The Kier molecular flexibility index (Phi) is 29.6. The largest absolute Gasteiger partial charge is 0.457 e. The second-order valence-corrected chi connectivity index (χ2v) is 15.9. The molecule has 11 atom stereocenters. The lowest BCUT2D eigenvalue weighted by atomic mass is 9.98. The van der Waals surface area contributed by atoms with Crippen LogP contribution in [-0.2, 0) is 33.2 Å². The average Bonchev–Trinajstić information content (AvgIpc) is 3.20. The van der Waals surface area contributed by atoms with Crippen LogP contribution >= 0.6 is 0 Å². The monoisotopic (exact) mass is 821 g/mol. The summed E-state index contributed by atoms with van der Waals surface area (Å²) >= 11 is 0. The predicted molar refractivity (Wildman–Crippen MR) is 215 cm³/mol. The summed E-state index contributed by atoms with van der Waals surface area (Å²) in [5.74, 6) is -0.428. The Labute approximate surface area is 342 Å². The van der Waals surface area contributed by atoms with Crippen LogP contribution in [0, 0.1) is 0 Å². The van der Waals surface area contributed by atoms with Gasteiger partial charge in [-0.25, -0.2) is 0 Å². The van der Waals surface area contributed by atoms with Crippen molar-refractivity contribution < 1.29 is 69.0 Å². The molecule has 0 spiro atoms. The van der Waals surface area contributed by atoms with Gasteiger partial charge in [0.15, 0.2) is 12.6 Å². The average molecular weight is 821 g/mol. The standard InChI is InChI=1S/C43H80O14/c1-3-5-6-7-8-9-10-11-12-13-14-15-16-17-18-19-20-21-22-23-24-25-27-52-29-32(55-35(45)26-4-2)30-53-42-41(51)39(49)37(47)34(57-42)31-54-43-40(50)38(48)36(46)33(28-44)56-43/h13-14,32-34,36-44,46-51H,3-12,15-31H2,1-2H3/b14-13-. The molecule has 14 nitrogen and oxygen atoms in total. The molecular weight excluding hydrogens is 740 g/mol. The number of rotatable bonds is 34. The van der Waals surface area contributed by atoms with Gasteiger partial charge in [0.05, 0.1) is 26.4 Å². The molecule has 2 fully saturated rings. The van der Waals surface area contributed by atoms with Crippen LogP contribution in [0.5, 0.6) is 0 Å². The van der Waals surface area contributed by atoms with Gasteiger partial charge in [-0.05, 0) is 38.5 Å². The second-order valence-electron chi connectivity index (χ2n) is 15.9. The van der Waals surface area contributed by atoms with Crippen molar-refractivity contribution in [2.24, 2.45) is 0 Å². The van der Waals surface area contributed by atoms with Gasteiger partial charge in [-0.1, -0.05) is 122 Å². The highest BCUT2D eigenvalue weighted by Gasteiger charge is 2.47. The fourth-order valence-corrected chi connectivity index (χ4v) is 7.08. The fraction of sp³-hybridized carbons (Fsp3) is 0.930. The molecule has 0 aliphatic carbocycles. The Morgan fingerprint density at radius 2 is 1.04 bits per heavy atom. The molecule has 57 heavy (non-hydrogen) atoms. The maximum absolute atomic E-state index is 12.3. The third-order valence-electron chi connectivity index (χ3n) is 10.7. The molecule has 0 saturated carbocycles. The molecule has 2 aliphatic heterocycles. The third-order valence-corrected chi connectivity index (χ3v) is 10.7. The summed E-state index contributed by atoms with van der Waals surface area (Å²) < 4.78 is 33.6. The highest BCUT2D eigenvalue weighted by atomic mass is 16.7. The number of carbonyl (C=O) groups excluding carboxylic acids is 1. The van der Waals surface area contributed by atoms with Crippen LogP contribution in [0.3, 0.4) is 0 Å². The summed E-state index contributed by atoms with van der Waals surface area (Å²) in [5, 5.41) is 71.3. The number of unbranched alkanes of at least 4 members (excludes halogenated alkanes) is 18. The maximum Gasteiger partial charge on any atom is 0.306 e. The first-order valence-electron chi connectivity index (χ1n) is 22.3. The van der Waals surface area contributed by atoms with Crippen molar-refractivity contribution in [1.29, 1.82) is 0 Å². The zero-order chi connectivity index (χ0) is 41.7. The molecule has 2 heterocycles. The fourth-order valence-electron chi connectivity index (χ4n) is 7.08. The third kappa shape index (κ3) is 21.7. The molecular formula is C43H80O14. The molecule has 0 amide bonds. The quantitative estimate of drug-likeness (QED) is 0.0266. The first kappa shape index (κ1) is 51.9. The van der Waals surface area contributed by atoms with E-state index in [2.05, 4.69) is 19.1 Å². The minimum atomic E-state index is -1.70. The van der Waals surface area contributed by atoms with Crippen molar-refractivity contribution in [2.75, 3.05) is 33.0 Å². The second kappa shape index (κ2) is 32.5. The van der Waals surface area contributed by atoms with E-state index in [1.165, 1.54) is 109 Å². The molecule has 0 bridgehead atoms. The van der Waals surface area contributed by atoms with Crippen LogP contribution in [0.4, 0.5) is 0 Å². The molecule has 0 radical (unpaired) electrons. The van der Waals surface area contributed by atoms with Gasteiger partial charge in [-0.2, -0.15) is 0 Å². The number of hydrogen-bond donors (Lipinski definition) is 7. The van der Waals surface area contributed by atoms with Crippen molar-refractivity contribution in [2.45, 2.75) is 223 Å². The van der Waals surface area contributed by atoms with Crippen LogP contribution in [-0.4, -0.2) is 142 Å². The van der Waals surface area contributed by atoms with E-state index in [1.54, 1.807) is 0 Å². The van der Waals surface area contributed by atoms with E-state index in [9.17, 15) is 40.5 Å². The lowest BCUT2D eigenvalue weighted by molar-refractivity contribution is -0.332. The number of carbonyl (C=O) groups is 1. The number of esters is 1. The summed E-state index contributed by atoms with van der Waals surface area (Å²) in [4.78, 5) is 12.3. The molecule has 2 rings (SSSR count). The molecule has 2 saturated heterocycles. The summed E-state index contributed by atoms with van der Waals surface area (Å²) in [6, 6.07) is 0. The molecule has 0 aromatic carbocycles. The van der Waals surface area contributed by atoms with Crippen molar-refractivity contribution in [3.8, 4) is 0 Å². The zero-order valence-corrected chi connectivity index (χ0v) is 35.1. The summed E-state index contributed by atoms with van der Waals surface area (Å²) in [5.41, 5.74) is 0. The lowest BCUT2D eigenvalue weighted by Gasteiger charge is -2.42. The predicted octanol–water partition coefficient (Wildman–Crippen LogP) is 4.73. The smallest absolute Gasteiger partial charge is 0.306 e. The Balaban J connectivity index is 1.58.